The van der Waals surface area contributed by atoms with Crippen molar-refractivity contribution < 1.29 is 4.42 Å². The first-order valence-corrected chi connectivity index (χ1v) is 7.30. The minimum atomic E-state index is 0.367. The summed E-state index contributed by atoms with van der Waals surface area (Å²) < 4.78 is 5.41. The second-order valence-corrected chi connectivity index (χ2v) is 5.62. The largest absolute Gasteiger partial charge is 0.414 e. The number of aromatic nitrogens is 2. The van der Waals surface area contributed by atoms with E-state index in [9.17, 15) is 0 Å². The predicted molar refractivity (Wildman–Crippen MR) is 76.7 cm³/mol. The van der Waals surface area contributed by atoms with E-state index in [1.165, 1.54) is 24.0 Å². The van der Waals surface area contributed by atoms with E-state index < -0.39 is 0 Å². The molecule has 4 heteroatoms. The molecule has 19 heavy (non-hydrogen) atoms. The number of nitrogens with one attached hydrogen (secondary N) is 1. The van der Waals surface area contributed by atoms with Crippen molar-refractivity contribution in [1.29, 1.82) is 0 Å². The maximum Gasteiger partial charge on any atom is 0.284 e. The number of aromatic amines is 1. The monoisotopic (exact) mass is 274 g/mol. The molecule has 1 aromatic carbocycles. The maximum absolute atomic E-state index is 5.41. The molecular weight excluding hydrogens is 256 g/mol. The van der Waals surface area contributed by atoms with Crippen LogP contribution in [-0.4, -0.2) is 10.2 Å². The van der Waals surface area contributed by atoms with Crippen molar-refractivity contribution in [2.75, 3.05) is 0 Å². The van der Waals surface area contributed by atoms with Crippen LogP contribution >= 0.6 is 12.2 Å². The lowest BCUT2D eigenvalue weighted by molar-refractivity contribution is 0.446. The highest BCUT2D eigenvalue weighted by atomic mass is 32.1. The van der Waals surface area contributed by atoms with Gasteiger partial charge in [0.15, 0.2) is 0 Å². The molecule has 1 aromatic heterocycles. The quantitative estimate of drug-likeness (QED) is 0.837. The van der Waals surface area contributed by atoms with Crippen LogP contribution in [0.5, 0.6) is 0 Å². The maximum atomic E-state index is 5.41. The van der Waals surface area contributed by atoms with Gasteiger partial charge in [-0.15, -0.1) is 5.10 Å². The van der Waals surface area contributed by atoms with Crippen molar-refractivity contribution >= 4 is 12.2 Å². The van der Waals surface area contributed by atoms with Gasteiger partial charge < -0.3 is 4.42 Å². The van der Waals surface area contributed by atoms with Gasteiger partial charge in [0.2, 0.25) is 5.89 Å². The molecule has 1 N–H and O–H groups in total. The highest BCUT2D eigenvalue weighted by Crippen LogP contribution is 2.44. The van der Waals surface area contributed by atoms with E-state index in [4.69, 9.17) is 16.6 Å². The number of aryl methyl sites for hydroxylation is 1. The van der Waals surface area contributed by atoms with Crippen molar-refractivity contribution in [3.8, 4) is 0 Å². The van der Waals surface area contributed by atoms with Gasteiger partial charge in [-0.2, -0.15) is 0 Å². The summed E-state index contributed by atoms with van der Waals surface area (Å²) >= 11 is 4.93. The predicted octanol–water partition coefficient (Wildman–Crippen LogP) is 4.03. The Morgan fingerprint density at radius 3 is 2.63 bits per heavy atom. The lowest BCUT2D eigenvalue weighted by atomic mass is 9.90. The van der Waals surface area contributed by atoms with Gasteiger partial charge in [-0.05, 0) is 54.4 Å². The molecule has 1 unspecified atom stereocenters. The second kappa shape index (κ2) is 5.29. The molecular formula is C15H18N2OS. The number of benzene rings is 1. The van der Waals surface area contributed by atoms with E-state index in [2.05, 4.69) is 41.4 Å². The summed E-state index contributed by atoms with van der Waals surface area (Å²) in [7, 11) is 0. The van der Waals surface area contributed by atoms with Crippen molar-refractivity contribution in [2.45, 2.75) is 38.5 Å². The van der Waals surface area contributed by atoms with E-state index in [0.717, 1.165) is 24.7 Å². The summed E-state index contributed by atoms with van der Waals surface area (Å²) in [4.78, 5) is 0.367. The average Bonchev–Trinajstić information content (AvgIpc) is 3.20. The molecule has 1 saturated carbocycles. The fourth-order valence-electron chi connectivity index (χ4n) is 2.59. The Balaban J connectivity index is 1.81. The Labute approximate surface area is 118 Å². The Morgan fingerprint density at radius 2 is 2.11 bits per heavy atom. The number of rotatable bonds is 5. The van der Waals surface area contributed by atoms with Gasteiger partial charge in [-0.25, -0.2) is 5.10 Å². The number of H-pyrrole nitrogens is 1. The van der Waals surface area contributed by atoms with Crippen LogP contribution in [0.25, 0.3) is 0 Å². The summed E-state index contributed by atoms with van der Waals surface area (Å²) in [6.45, 7) is 2.18. The molecule has 0 saturated heterocycles. The van der Waals surface area contributed by atoms with E-state index >= 15 is 0 Å². The number of nitrogens with zero attached hydrogens (tertiary/aromatic N) is 1. The Hall–Kier alpha value is -1.42. The third-order valence-electron chi connectivity index (χ3n) is 3.88. The Bertz CT molecular complexity index is 595. The van der Waals surface area contributed by atoms with Crippen LogP contribution < -0.4 is 0 Å². The normalized spacial score (nSPS) is 16.5. The SMILES string of the molecule is CCc1ccc(C(Cc2n[nH]c(=S)o2)C2CC2)cc1. The number of hydrogen-bond donors (Lipinski definition) is 1. The Kier molecular flexibility index (Phi) is 3.51. The van der Waals surface area contributed by atoms with Gasteiger partial charge >= 0.3 is 0 Å². The molecule has 100 valence electrons. The van der Waals surface area contributed by atoms with E-state index in [1.54, 1.807) is 0 Å². The average molecular weight is 274 g/mol. The third kappa shape index (κ3) is 2.95. The van der Waals surface area contributed by atoms with Gasteiger partial charge in [-0.3, -0.25) is 0 Å². The van der Waals surface area contributed by atoms with Crippen LogP contribution in [0.3, 0.4) is 0 Å². The summed E-state index contributed by atoms with van der Waals surface area (Å²) in [5.74, 6) is 2.00. The topological polar surface area (TPSA) is 41.8 Å². The molecule has 3 nitrogen and oxygen atoms in total. The van der Waals surface area contributed by atoms with Crippen LogP contribution in [-0.2, 0) is 12.8 Å². The molecule has 0 bridgehead atoms. The number of hydrogen-bond acceptors (Lipinski definition) is 3. The van der Waals surface area contributed by atoms with Crippen LogP contribution in [0, 0.1) is 10.8 Å². The van der Waals surface area contributed by atoms with Gasteiger partial charge in [0.1, 0.15) is 0 Å². The molecule has 1 aliphatic carbocycles. The van der Waals surface area contributed by atoms with Crippen molar-refractivity contribution in [1.82, 2.24) is 10.2 Å². The van der Waals surface area contributed by atoms with E-state index in [-0.39, 0.29) is 0 Å². The summed E-state index contributed by atoms with van der Waals surface area (Å²) in [6, 6.07) is 8.96. The lowest BCUT2D eigenvalue weighted by Crippen LogP contribution is -2.06. The molecule has 1 aliphatic rings. The van der Waals surface area contributed by atoms with Gasteiger partial charge in [-0.1, -0.05) is 31.2 Å². The van der Waals surface area contributed by atoms with Crippen LogP contribution in [0.1, 0.15) is 42.7 Å². The summed E-state index contributed by atoms with van der Waals surface area (Å²) in [5, 5.41) is 6.83. The van der Waals surface area contributed by atoms with Crippen LogP contribution in [0.15, 0.2) is 28.7 Å². The molecule has 0 amide bonds. The first kappa shape index (κ1) is 12.6. The molecule has 1 fully saturated rings. The summed E-state index contributed by atoms with van der Waals surface area (Å²) in [5.41, 5.74) is 2.78. The zero-order valence-electron chi connectivity index (χ0n) is 11.1. The lowest BCUT2D eigenvalue weighted by Gasteiger charge is -2.15. The highest BCUT2D eigenvalue weighted by Gasteiger charge is 2.33. The Morgan fingerprint density at radius 1 is 1.37 bits per heavy atom. The molecule has 2 aromatic rings. The zero-order valence-corrected chi connectivity index (χ0v) is 11.9. The molecule has 0 spiro atoms. The smallest absolute Gasteiger partial charge is 0.284 e. The van der Waals surface area contributed by atoms with Crippen molar-refractivity contribution in [3.05, 3.63) is 46.1 Å². The van der Waals surface area contributed by atoms with Crippen LogP contribution in [0.2, 0.25) is 0 Å². The third-order valence-corrected chi connectivity index (χ3v) is 4.06. The first-order valence-electron chi connectivity index (χ1n) is 6.89. The fourth-order valence-corrected chi connectivity index (χ4v) is 2.73. The minimum absolute atomic E-state index is 0.367. The molecule has 1 atom stereocenters. The van der Waals surface area contributed by atoms with Gasteiger partial charge in [0.25, 0.3) is 4.84 Å². The minimum Gasteiger partial charge on any atom is -0.414 e. The first-order chi connectivity index (χ1) is 9.26. The fraction of sp³-hybridized carbons (Fsp3) is 0.467. The van der Waals surface area contributed by atoms with Crippen molar-refractivity contribution in [3.63, 3.8) is 0 Å². The van der Waals surface area contributed by atoms with Gasteiger partial charge in [0.05, 0.1) is 0 Å². The molecule has 1 heterocycles. The second-order valence-electron chi connectivity index (χ2n) is 5.25. The van der Waals surface area contributed by atoms with E-state index in [1.807, 2.05) is 0 Å². The molecule has 0 radical (unpaired) electrons. The highest BCUT2D eigenvalue weighted by molar-refractivity contribution is 7.71. The van der Waals surface area contributed by atoms with Crippen molar-refractivity contribution in [2.24, 2.45) is 5.92 Å². The van der Waals surface area contributed by atoms with E-state index in [0.29, 0.717) is 10.8 Å². The molecule has 0 aliphatic heterocycles. The van der Waals surface area contributed by atoms with Gasteiger partial charge in [0, 0.05) is 6.42 Å². The van der Waals surface area contributed by atoms with Crippen LogP contribution in [0.4, 0.5) is 0 Å². The zero-order chi connectivity index (χ0) is 13.2. The summed E-state index contributed by atoms with van der Waals surface area (Å²) in [6.07, 6.45) is 4.54. The standard InChI is InChI=1S/C15H18N2OS/c1-2-10-3-5-11(6-4-10)13(12-7-8-12)9-14-16-17-15(19)18-14/h3-6,12-13H,2,7-9H2,1H3,(H,17,19). The molecule has 3 rings (SSSR count).